The minimum absolute atomic E-state index is 0.0207. The van der Waals surface area contributed by atoms with Crippen LogP contribution in [0.4, 0.5) is 13.2 Å². The van der Waals surface area contributed by atoms with Gasteiger partial charge in [-0.05, 0) is 30.3 Å². The molecule has 34 heavy (non-hydrogen) atoms. The fraction of sp³-hybridized carbons (Fsp3) is 0.360. The molecule has 1 saturated carbocycles. The van der Waals surface area contributed by atoms with Crippen LogP contribution in [0.1, 0.15) is 28.8 Å². The second-order valence-electron chi connectivity index (χ2n) is 8.31. The number of carbonyl (C=O) groups is 2. The fourth-order valence-corrected chi connectivity index (χ4v) is 4.33. The molecule has 2 fully saturated rings. The van der Waals surface area contributed by atoms with E-state index >= 15 is 0 Å². The van der Waals surface area contributed by atoms with Crippen molar-refractivity contribution in [3.05, 3.63) is 77.9 Å². The number of alkyl halides is 3. The van der Waals surface area contributed by atoms with Crippen LogP contribution < -0.4 is 4.74 Å². The predicted octanol–water partition coefficient (Wildman–Crippen LogP) is 4.18. The molecule has 1 aliphatic heterocycles. The van der Waals surface area contributed by atoms with E-state index in [9.17, 15) is 27.9 Å². The van der Waals surface area contributed by atoms with Crippen molar-refractivity contribution in [3.8, 4) is 5.75 Å². The van der Waals surface area contributed by atoms with Crippen LogP contribution in [0.2, 0.25) is 0 Å². The van der Waals surface area contributed by atoms with Crippen LogP contribution >= 0.6 is 0 Å². The Kier molecular flexibility index (Phi) is 6.92. The van der Waals surface area contributed by atoms with Crippen LogP contribution in [0.5, 0.6) is 5.75 Å². The number of ether oxygens (including phenoxy) is 3. The lowest BCUT2D eigenvalue weighted by Gasteiger charge is -2.20. The maximum absolute atomic E-state index is 12.8. The van der Waals surface area contributed by atoms with Crippen LogP contribution in [0.15, 0.2) is 66.7 Å². The summed E-state index contributed by atoms with van der Waals surface area (Å²) in [5.41, 5.74) is -0.449. The van der Waals surface area contributed by atoms with Gasteiger partial charge in [0.05, 0.1) is 17.5 Å². The van der Waals surface area contributed by atoms with E-state index in [4.69, 9.17) is 14.2 Å². The number of halogens is 3. The van der Waals surface area contributed by atoms with Crippen molar-refractivity contribution < 1.29 is 42.1 Å². The van der Waals surface area contributed by atoms with E-state index in [1.165, 1.54) is 18.2 Å². The van der Waals surface area contributed by atoms with Crippen LogP contribution in [0.3, 0.4) is 0 Å². The first-order valence-electron chi connectivity index (χ1n) is 10.8. The molecule has 0 spiro atoms. The second-order valence-corrected chi connectivity index (χ2v) is 8.31. The summed E-state index contributed by atoms with van der Waals surface area (Å²) in [7, 11) is 0. The number of fused-ring (bicyclic) bond motifs is 1. The van der Waals surface area contributed by atoms with Gasteiger partial charge in [0, 0.05) is 18.3 Å². The molecule has 0 bridgehead atoms. The highest BCUT2D eigenvalue weighted by molar-refractivity contribution is 5.89. The minimum Gasteiger partial charge on any atom is -0.491 e. The third kappa shape index (κ3) is 5.59. The first kappa shape index (κ1) is 23.8. The minimum atomic E-state index is -4.50. The molecule has 180 valence electrons. The number of rotatable bonds is 7. The van der Waals surface area contributed by atoms with E-state index in [1.807, 2.05) is 0 Å². The summed E-state index contributed by atoms with van der Waals surface area (Å²) in [5.74, 6) is -1.41. The van der Waals surface area contributed by atoms with E-state index < -0.39 is 29.9 Å². The number of hydrogen-bond donors (Lipinski definition) is 1. The Morgan fingerprint density at radius 1 is 1.18 bits per heavy atom. The van der Waals surface area contributed by atoms with Crippen LogP contribution in [-0.4, -0.2) is 42.0 Å². The molecule has 5 atom stereocenters. The quantitative estimate of drug-likeness (QED) is 0.477. The number of carbonyl (C=O) groups excluding carboxylic acids is 2. The lowest BCUT2D eigenvalue weighted by molar-refractivity contribution is -0.142. The van der Waals surface area contributed by atoms with Crippen molar-refractivity contribution in [2.24, 2.45) is 11.8 Å². The highest BCUT2D eigenvalue weighted by Crippen LogP contribution is 2.43. The van der Waals surface area contributed by atoms with E-state index in [0.29, 0.717) is 12.0 Å². The van der Waals surface area contributed by atoms with Crippen molar-refractivity contribution in [3.63, 3.8) is 0 Å². The zero-order chi connectivity index (χ0) is 24.3. The highest BCUT2D eigenvalue weighted by Gasteiger charge is 2.50. The zero-order valence-electron chi connectivity index (χ0n) is 18.0. The van der Waals surface area contributed by atoms with Gasteiger partial charge in [0.25, 0.3) is 0 Å². The van der Waals surface area contributed by atoms with E-state index in [1.54, 1.807) is 36.4 Å². The molecule has 0 radical (unpaired) electrons. The highest BCUT2D eigenvalue weighted by atomic mass is 19.4. The molecule has 4 rings (SSSR count). The molecule has 1 aliphatic carbocycles. The number of hydrogen-bond acceptors (Lipinski definition) is 6. The van der Waals surface area contributed by atoms with Gasteiger partial charge in [-0.25, -0.2) is 4.79 Å². The van der Waals surface area contributed by atoms with E-state index in [2.05, 4.69) is 0 Å². The fourth-order valence-electron chi connectivity index (χ4n) is 4.33. The van der Waals surface area contributed by atoms with Gasteiger partial charge in [0.15, 0.2) is 0 Å². The second kappa shape index (κ2) is 9.89. The largest absolute Gasteiger partial charge is 0.491 e. The van der Waals surface area contributed by atoms with Gasteiger partial charge in [0.1, 0.15) is 30.7 Å². The Morgan fingerprint density at radius 3 is 2.68 bits per heavy atom. The third-order valence-corrected chi connectivity index (χ3v) is 5.96. The number of aliphatic hydroxyl groups excluding tert-OH is 1. The maximum atomic E-state index is 12.8. The number of aliphatic hydroxyl groups is 1. The monoisotopic (exact) mass is 476 g/mol. The average molecular weight is 476 g/mol. The predicted molar refractivity (Wildman–Crippen MR) is 114 cm³/mol. The average Bonchev–Trinajstić information content (AvgIpc) is 3.31. The molecule has 5 unspecified atom stereocenters. The smallest absolute Gasteiger partial charge is 0.416 e. The summed E-state index contributed by atoms with van der Waals surface area (Å²) in [4.78, 5) is 24.3. The number of benzene rings is 2. The summed E-state index contributed by atoms with van der Waals surface area (Å²) >= 11 is 0. The Bertz CT molecular complexity index is 1050. The van der Waals surface area contributed by atoms with Crippen molar-refractivity contribution in [2.75, 3.05) is 6.61 Å². The van der Waals surface area contributed by atoms with Crippen LogP contribution in [0.25, 0.3) is 0 Å². The molecule has 2 aliphatic rings. The molecule has 2 aromatic carbocycles. The first-order chi connectivity index (χ1) is 16.2. The standard InChI is InChI=1S/C25H23F3O6/c26-25(27,28)16-7-4-8-18(11-16)32-14-17(29)9-10-19-20-12-23(30)33-22(20)13-21(19)34-24(31)15-5-2-1-3-6-15/h1-11,17,19-22,29H,12-14H2. The lowest BCUT2D eigenvalue weighted by Crippen LogP contribution is -2.25. The van der Waals surface area contributed by atoms with E-state index in [0.717, 1.165) is 12.1 Å². The zero-order valence-corrected chi connectivity index (χ0v) is 18.0. The maximum Gasteiger partial charge on any atom is 0.416 e. The summed E-state index contributed by atoms with van der Waals surface area (Å²) in [6.45, 7) is -0.275. The van der Waals surface area contributed by atoms with Crippen molar-refractivity contribution in [1.82, 2.24) is 0 Å². The van der Waals surface area contributed by atoms with Gasteiger partial charge in [-0.1, -0.05) is 36.4 Å². The van der Waals surface area contributed by atoms with Crippen molar-refractivity contribution in [2.45, 2.75) is 37.3 Å². The normalized spacial score (nSPS) is 25.1. The molecule has 0 amide bonds. The molecule has 2 aromatic rings. The Labute approximate surface area is 193 Å². The van der Waals surface area contributed by atoms with Gasteiger partial charge in [-0.15, -0.1) is 0 Å². The molecule has 1 heterocycles. The topological polar surface area (TPSA) is 82.1 Å². The Morgan fingerprint density at radius 2 is 1.94 bits per heavy atom. The van der Waals surface area contributed by atoms with Gasteiger partial charge in [-0.3, -0.25) is 4.79 Å². The summed E-state index contributed by atoms with van der Waals surface area (Å²) in [6.07, 6.45) is -2.93. The molecule has 9 heteroatoms. The summed E-state index contributed by atoms with van der Waals surface area (Å²) in [6, 6.07) is 12.9. The Balaban J connectivity index is 1.40. The molecule has 6 nitrogen and oxygen atoms in total. The van der Waals surface area contributed by atoms with Crippen molar-refractivity contribution in [1.29, 1.82) is 0 Å². The van der Waals surface area contributed by atoms with E-state index in [-0.39, 0.29) is 42.7 Å². The first-order valence-corrected chi connectivity index (χ1v) is 10.8. The van der Waals surface area contributed by atoms with Crippen LogP contribution in [-0.2, 0) is 20.4 Å². The third-order valence-electron chi connectivity index (χ3n) is 5.96. The van der Waals surface area contributed by atoms with Gasteiger partial charge in [-0.2, -0.15) is 13.2 Å². The van der Waals surface area contributed by atoms with Gasteiger partial charge >= 0.3 is 18.1 Å². The van der Waals surface area contributed by atoms with Crippen LogP contribution in [0, 0.1) is 11.8 Å². The van der Waals surface area contributed by atoms with Gasteiger partial charge in [0.2, 0.25) is 0 Å². The van der Waals surface area contributed by atoms with Crippen molar-refractivity contribution >= 4 is 11.9 Å². The molecule has 1 saturated heterocycles. The lowest BCUT2D eigenvalue weighted by atomic mass is 9.91. The molecular weight excluding hydrogens is 453 g/mol. The summed E-state index contributed by atoms with van der Waals surface area (Å²) < 4.78 is 54.9. The number of esters is 2. The Hall–Kier alpha value is -3.33. The van der Waals surface area contributed by atoms with Gasteiger partial charge < -0.3 is 19.3 Å². The summed E-state index contributed by atoms with van der Waals surface area (Å²) in [5, 5.41) is 10.3. The molecule has 0 aromatic heterocycles. The SMILES string of the molecule is O=C1CC2C(CC(OC(=O)c3ccccc3)C2C=CC(O)COc2cccc(C(F)(F)F)c2)O1. The molecular formula is C25H23F3O6. The molecule has 1 N–H and O–H groups in total.